The van der Waals surface area contributed by atoms with Crippen LogP contribution in [0, 0.1) is 0 Å². The molecule has 4 rings (SSSR count). The smallest absolute Gasteiger partial charge is 0.258 e. The third-order valence-electron chi connectivity index (χ3n) is 5.16. The lowest BCUT2D eigenvalue weighted by atomic mass is 10.2. The van der Waals surface area contributed by atoms with E-state index in [0.29, 0.717) is 39.4 Å². The minimum atomic E-state index is -0.242. The van der Waals surface area contributed by atoms with Crippen LogP contribution in [-0.4, -0.2) is 59.4 Å². The van der Waals surface area contributed by atoms with Crippen molar-refractivity contribution in [3.8, 4) is 0 Å². The van der Waals surface area contributed by atoms with Crippen molar-refractivity contribution >= 4 is 46.7 Å². The van der Waals surface area contributed by atoms with E-state index in [9.17, 15) is 9.59 Å². The fraction of sp³-hybridized carbons (Fsp3) is 0.250. The van der Waals surface area contributed by atoms with Crippen molar-refractivity contribution in [1.82, 2.24) is 20.2 Å². The predicted octanol–water partition coefficient (Wildman–Crippen LogP) is 3.52. The fourth-order valence-electron chi connectivity index (χ4n) is 3.45. The highest BCUT2D eigenvalue weighted by Crippen LogP contribution is 2.26. The van der Waals surface area contributed by atoms with E-state index in [2.05, 4.69) is 30.8 Å². The van der Waals surface area contributed by atoms with E-state index in [1.54, 1.807) is 48.8 Å². The van der Waals surface area contributed by atoms with Crippen LogP contribution in [0.15, 0.2) is 66.0 Å². The molecule has 3 aromatic rings. The molecule has 1 fully saturated rings. The van der Waals surface area contributed by atoms with Gasteiger partial charge in [-0.05, 0) is 54.1 Å². The van der Waals surface area contributed by atoms with Crippen LogP contribution in [0.3, 0.4) is 0 Å². The molecule has 0 atom stereocenters. The van der Waals surface area contributed by atoms with Crippen LogP contribution in [0.1, 0.15) is 15.9 Å². The third kappa shape index (κ3) is 7.01. The van der Waals surface area contributed by atoms with Crippen molar-refractivity contribution in [1.29, 1.82) is 0 Å². The highest BCUT2D eigenvalue weighted by atomic mass is 35.5. The molecule has 0 saturated carbocycles. The number of amides is 2. The van der Waals surface area contributed by atoms with Crippen LogP contribution in [0.5, 0.6) is 0 Å². The normalized spacial score (nSPS) is 13.9. The lowest BCUT2D eigenvalue weighted by Crippen LogP contribution is -2.46. The SMILES string of the molecule is O=C(CN1CCNCC1)Nc1cc(CSc2ncccc2C(=O)Nc2ccc(Cl)cc2)ccn1. The number of carbonyl (C=O) groups excluding carboxylic acids is 2. The van der Waals surface area contributed by atoms with Crippen molar-refractivity contribution in [3.63, 3.8) is 0 Å². The Hall–Kier alpha value is -2.98. The first-order chi connectivity index (χ1) is 16.6. The minimum absolute atomic E-state index is 0.0786. The Morgan fingerprint density at radius 2 is 1.82 bits per heavy atom. The Balaban J connectivity index is 1.35. The third-order valence-corrected chi connectivity index (χ3v) is 6.49. The lowest BCUT2D eigenvalue weighted by Gasteiger charge is -2.26. The molecule has 2 amide bonds. The molecule has 0 bridgehead atoms. The summed E-state index contributed by atoms with van der Waals surface area (Å²) in [6.07, 6.45) is 3.33. The number of nitrogens with one attached hydrogen (secondary N) is 3. The Labute approximate surface area is 207 Å². The summed E-state index contributed by atoms with van der Waals surface area (Å²) < 4.78 is 0. The van der Waals surface area contributed by atoms with Gasteiger partial charge >= 0.3 is 0 Å². The number of benzene rings is 1. The topological polar surface area (TPSA) is 99.3 Å². The Morgan fingerprint density at radius 1 is 1.03 bits per heavy atom. The number of rotatable bonds is 8. The van der Waals surface area contributed by atoms with Gasteiger partial charge in [-0.1, -0.05) is 11.6 Å². The second-order valence-corrected chi connectivity index (χ2v) is 9.13. The summed E-state index contributed by atoms with van der Waals surface area (Å²) >= 11 is 7.36. The molecule has 1 aliphatic rings. The largest absolute Gasteiger partial charge is 0.322 e. The first kappa shape index (κ1) is 24.2. The number of hydrogen-bond acceptors (Lipinski definition) is 7. The van der Waals surface area contributed by atoms with Gasteiger partial charge < -0.3 is 16.0 Å². The van der Waals surface area contributed by atoms with Gasteiger partial charge in [0.15, 0.2) is 0 Å². The number of thioether (sulfide) groups is 1. The number of carbonyl (C=O) groups is 2. The maximum atomic E-state index is 12.8. The number of piperazine rings is 1. The molecule has 1 aromatic carbocycles. The summed E-state index contributed by atoms with van der Waals surface area (Å²) in [4.78, 5) is 36.0. The monoisotopic (exact) mass is 496 g/mol. The van der Waals surface area contributed by atoms with Gasteiger partial charge in [-0.15, -0.1) is 11.8 Å². The van der Waals surface area contributed by atoms with Gasteiger partial charge in [0.05, 0.1) is 12.1 Å². The van der Waals surface area contributed by atoms with Gasteiger partial charge in [0, 0.05) is 55.0 Å². The van der Waals surface area contributed by atoms with Crippen LogP contribution in [-0.2, 0) is 10.5 Å². The molecule has 3 N–H and O–H groups in total. The van der Waals surface area contributed by atoms with Crippen LogP contribution in [0.4, 0.5) is 11.5 Å². The number of halogens is 1. The molecule has 1 aliphatic heterocycles. The molecule has 1 saturated heterocycles. The van der Waals surface area contributed by atoms with E-state index >= 15 is 0 Å². The zero-order valence-electron chi connectivity index (χ0n) is 18.5. The molecule has 8 nitrogen and oxygen atoms in total. The molecule has 3 heterocycles. The second kappa shape index (κ2) is 11.9. The molecule has 10 heteroatoms. The van der Waals surface area contributed by atoms with Gasteiger partial charge in [-0.3, -0.25) is 14.5 Å². The summed E-state index contributed by atoms with van der Waals surface area (Å²) in [6, 6.07) is 14.2. The van der Waals surface area contributed by atoms with E-state index in [4.69, 9.17) is 11.6 Å². The number of hydrogen-bond donors (Lipinski definition) is 3. The van der Waals surface area contributed by atoms with Crippen molar-refractivity contribution in [2.75, 3.05) is 43.4 Å². The second-order valence-electron chi connectivity index (χ2n) is 7.73. The van der Waals surface area contributed by atoms with E-state index < -0.39 is 0 Å². The molecule has 0 unspecified atom stereocenters. The van der Waals surface area contributed by atoms with E-state index in [1.165, 1.54) is 11.8 Å². The standard InChI is InChI=1S/C24H25ClN6O2S/c25-18-3-5-19(6-4-18)29-23(33)20-2-1-8-28-24(20)34-16-17-7-9-27-21(14-17)30-22(32)15-31-12-10-26-11-13-31/h1-9,14,26H,10-13,15-16H2,(H,29,33)(H,27,30,32). The van der Waals surface area contributed by atoms with E-state index in [0.717, 1.165) is 31.7 Å². The van der Waals surface area contributed by atoms with Gasteiger partial charge in [-0.2, -0.15) is 0 Å². The summed E-state index contributed by atoms with van der Waals surface area (Å²) in [6.45, 7) is 3.85. The van der Waals surface area contributed by atoms with Gasteiger partial charge in [0.25, 0.3) is 5.91 Å². The molecule has 176 valence electrons. The van der Waals surface area contributed by atoms with Crippen LogP contribution >= 0.6 is 23.4 Å². The molecule has 34 heavy (non-hydrogen) atoms. The van der Waals surface area contributed by atoms with Crippen LogP contribution in [0.25, 0.3) is 0 Å². The average Bonchev–Trinajstić information content (AvgIpc) is 2.85. The summed E-state index contributed by atoms with van der Waals surface area (Å²) in [5.41, 5.74) is 2.11. The van der Waals surface area contributed by atoms with Crippen molar-refractivity contribution in [2.45, 2.75) is 10.8 Å². The first-order valence-corrected chi connectivity index (χ1v) is 12.3. The van der Waals surface area contributed by atoms with E-state index in [-0.39, 0.29) is 11.8 Å². The Kier molecular flexibility index (Phi) is 8.48. The maximum Gasteiger partial charge on any atom is 0.258 e. The predicted molar refractivity (Wildman–Crippen MR) is 135 cm³/mol. The number of pyridine rings is 2. The molecule has 0 radical (unpaired) electrons. The minimum Gasteiger partial charge on any atom is -0.322 e. The zero-order valence-corrected chi connectivity index (χ0v) is 20.0. The summed E-state index contributed by atoms with van der Waals surface area (Å²) in [7, 11) is 0. The number of nitrogens with zero attached hydrogens (tertiary/aromatic N) is 3. The molecule has 0 spiro atoms. The zero-order chi connectivity index (χ0) is 23.8. The summed E-state index contributed by atoms with van der Waals surface area (Å²) in [5.74, 6) is 0.764. The number of anilines is 2. The molecular weight excluding hydrogens is 472 g/mol. The highest BCUT2D eigenvalue weighted by Gasteiger charge is 2.15. The fourth-order valence-corrected chi connectivity index (χ4v) is 4.51. The average molecular weight is 497 g/mol. The Bertz CT molecular complexity index is 1140. The quantitative estimate of drug-likeness (QED) is 0.410. The van der Waals surface area contributed by atoms with Gasteiger partial charge in [0.1, 0.15) is 10.8 Å². The maximum absolute atomic E-state index is 12.8. The molecule has 0 aliphatic carbocycles. The van der Waals surface area contributed by atoms with Crippen LogP contribution in [0.2, 0.25) is 5.02 Å². The van der Waals surface area contributed by atoms with Gasteiger partial charge in [-0.25, -0.2) is 9.97 Å². The van der Waals surface area contributed by atoms with Crippen molar-refractivity contribution in [2.24, 2.45) is 0 Å². The lowest BCUT2D eigenvalue weighted by molar-refractivity contribution is -0.117. The molecule has 2 aromatic heterocycles. The Morgan fingerprint density at radius 3 is 2.62 bits per heavy atom. The van der Waals surface area contributed by atoms with Crippen molar-refractivity contribution < 1.29 is 9.59 Å². The molecular formula is C24H25ClN6O2S. The van der Waals surface area contributed by atoms with Gasteiger partial charge in [0.2, 0.25) is 5.91 Å². The van der Waals surface area contributed by atoms with Crippen LogP contribution < -0.4 is 16.0 Å². The van der Waals surface area contributed by atoms with Crippen molar-refractivity contribution in [3.05, 3.63) is 77.1 Å². The highest BCUT2D eigenvalue weighted by molar-refractivity contribution is 7.98. The number of aromatic nitrogens is 2. The van der Waals surface area contributed by atoms with E-state index in [1.807, 2.05) is 12.1 Å². The first-order valence-electron chi connectivity index (χ1n) is 10.9. The summed E-state index contributed by atoms with van der Waals surface area (Å²) in [5, 5.41) is 10.2.